The lowest BCUT2D eigenvalue weighted by atomic mass is 10.1. The van der Waals surface area contributed by atoms with Gasteiger partial charge in [0.15, 0.2) is 11.5 Å². The van der Waals surface area contributed by atoms with Gasteiger partial charge in [0.1, 0.15) is 0 Å². The minimum absolute atomic E-state index is 0.0658. The maximum absolute atomic E-state index is 12.1. The molecule has 7 nitrogen and oxygen atoms in total. The van der Waals surface area contributed by atoms with Gasteiger partial charge in [-0.05, 0) is 6.07 Å². The Balaban J connectivity index is 1.78. The third-order valence-electron chi connectivity index (χ3n) is 3.10. The minimum Gasteiger partial charge on any atom is -0.454 e. The SMILES string of the molecule is Nc1cc2c(cc1C(=O)NC1CNC(=O)C1)OCO2. The molecule has 2 aliphatic rings. The molecule has 100 valence electrons. The number of hydrogen-bond donors (Lipinski definition) is 3. The van der Waals surface area contributed by atoms with Crippen LogP contribution in [-0.4, -0.2) is 31.2 Å². The van der Waals surface area contributed by atoms with Crippen LogP contribution in [0.1, 0.15) is 16.8 Å². The second-order valence-corrected chi connectivity index (χ2v) is 4.47. The van der Waals surface area contributed by atoms with Crippen molar-refractivity contribution in [2.45, 2.75) is 12.5 Å². The monoisotopic (exact) mass is 263 g/mol. The summed E-state index contributed by atoms with van der Waals surface area (Å²) in [4.78, 5) is 23.2. The maximum Gasteiger partial charge on any atom is 0.253 e. The summed E-state index contributed by atoms with van der Waals surface area (Å²) in [5, 5.41) is 5.41. The summed E-state index contributed by atoms with van der Waals surface area (Å²) in [7, 11) is 0. The largest absolute Gasteiger partial charge is 0.454 e. The normalized spacial score (nSPS) is 20.2. The Morgan fingerprint density at radius 2 is 2.11 bits per heavy atom. The number of benzene rings is 1. The minimum atomic E-state index is -0.322. The zero-order chi connectivity index (χ0) is 13.4. The number of amides is 2. The van der Waals surface area contributed by atoms with Gasteiger partial charge < -0.3 is 25.8 Å². The lowest BCUT2D eigenvalue weighted by Crippen LogP contribution is -2.36. The predicted octanol–water partition coefficient (Wildman–Crippen LogP) is -0.384. The summed E-state index contributed by atoms with van der Waals surface area (Å²) in [6.45, 7) is 0.565. The van der Waals surface area contributed by atoms with Gasteiger partial charge in [0.05, 0.1) is 11.6 Å². The van der Waals surface area contributed by atoms with E-state index in [1.54, 1.807) is 12.1 Å². The molecule has 1 fully saturated rings. The number of anilines is 1. The quantitative estimate of drug-likeness (QED) is 0.631. The van der Waals surface area contributed by atoms with E-state index in [0.717, 1.165) is 0 Å². The van der Waals surface area contributed by atoms with Crippen molar-refractivity contribution in [2.24, 2.45) is 0 Å². The second-order valence-electron chi connectivity index (χ2n) is 4.47. The van der Waals surface area contributed by atoms with Crippen molar-refractivity contribution in [1.29, 1.82) is 0 Å². The zero-order valence-corrected chi connectivity index (χ0v) is 10.1. The predicted molar refractivity (Wildman–Crippen MR) is 65.9 cm³/mol. The fraction of sp³-hybridized carbons (Fsp3) is 0.333. The van der Waals surface area contributed by atoms with Crippen LogP contribution in [0.3, 0.4) is 0 Å². The fourth-order valence-corrected chi connectivity index (χ4v) is 2.12. The Morgan fingerprint density at radius 3 is 2.79 bits per heavy atom. The van der Waals surface area contributed by atoms with Crippen LogP contribution in [0.4, 0.5) is 5.69 Å². The summed E-state index contributed by atoms with van der Waals surface area (Å²) < 4.78 is 10.4. The van der Waals surface area contributed by atoms with Gasteiger partial charge in [0.2, 0.25) is 12.7 Å². The van der Waals surface area contributed by atoms with Crippen molar-refractivity contribution in [3.8, 4) is 11.5 Å². The number of nitrogen functional groups attached to an aromatic ring is 1. The number of carbonyl (C=O) groups is 2. The fourth-order valence-electron chi connectivity index (χ4n) is 2.12. The average molecular weight is 263 g/mol. The molecule has 1 atom stereocenters. The molecule has 0 radical (unpaired) electrons. The van der Waals surface area contributed by atoms with E-state index in [9.17, 15) is 9.59 Å². The van der Waals surface area contributed by atoms with Crippen molar-refractivity contribution in [1.82, 2.24) is 10.6 Å². The van der Waals surface area contributed by atoms with Crippen molar-refractivity contribution in [3.63, 3.8) is 0 Å². The number of ether oxygens (including phenoxy) is 2. The molecule has 7 heteroatoms. The molecule has 1 unspecified atom stereocenters. The molecular formula is C12H13N3O4. The first-order valence-corrected chi connectivity index (χ1v) is 5.90. The van der Waals surface area contributed by atoms with Crippen molar-refractivity contribution in [3.05, 3.63) is 17.7 Å². The summed E-state index contributed by atoms with van der Waals surface area (Å²) >= 11 is 0. The molecule has 1 aromatic rings. The molecule has 2 amide bonds. The first kappa shape index (κ1) is 11.6. The molecule has 3 rings (SSSR count). The molecule has 0 aromatic heterocycles. The molecule has 0 aliphatic carbocycles. The first-order chi connectivity index (χ1) is 9.13. The van der Waals surface area contributed by atoms with E-state index < -0.39 is 0 Å². The molecular weight excluding hydrogens is 250 g/mol. The average Bonchev–Trinajstić information content (AvgIpc) is 2.96. The van der Waals surface area contributed by atoms with E-state index in [1.165, 1.54) is 0 Å². The summed E-state index contributed by atoms with van der Waals surface area (Å²) in [6, 6.07) is 2.91. The van der Waals surface area contributed by atoms with Crippen LogP contribution in [0, 0.1) is 0 Å². The van der Waals surface area contributed by atoms with Crippen molar-refractivity contribution >= 4 is 17.5 Å². The smallest absolute Gasteiger partial charge is 0.253 e. The molecule has 1 saturated heterocycles. The van der Waals surface area contributed by atoms with E-state index in [0.29, 0.717) is 29.3 Å². The second kappa shape index (κ2) is 4.34. The van der Waals surface area contributed by atoms with E-state index in [2.05, 4.69) is 10.6 Å². The van der Waals surface area contributed by atoms with Gasteiger partial charge in [-0.3, -0.25) is 9.59 Å². The Hall–Kier alpha value is -2.44. The molecule has 4 N–H and O–H groups in total. The van der Waals surface area contributed by atoms with Gasteiger partial charge in [0.25, 0.3) is 5.91 Å². The molecule has 1 aromatic carbocycles. The van der Waals surface area contributed by atoms with Crippen LogP contribution in [0.5, 0.6) is 11.5 Å². The number of carbonyl (C=O) groups excluding carboxylic acids is 2. The Morgan fingerprint density at radius 1 is 1.37 bits per heavy atom. The third-order valence-corrected chi connectivity index (χ3v) is 3.10. The van der Waals surface area contributed by atoms with Gasteiger partial charge in [-0.2, -0.15) is 0 Å². The van der Waals surface area contributed by atoms with Crippen LogP contribution >= 0.6 is 0 Å². The Kier molecular flexibility index (Phi) is 2.66. The third kappa shape index (κ3) is 2.14. The highest BCUT2D eigenvalue weighted by molar-refractivity contribution is 6.00. The molecule has 0 bridgehead atoms. The highest BCUT2D eigenvalue weighted by Gasteiger charge is 2.25. The maximum atomic E-state index is 12.1. The molecule has 19 heavy (non-hydrogen) atoms. The summed E-state index contributed by atoms with van der Waals surface area (Å²) in [6.07, 6.45) is 0.288. The van der Waals surface area contributed by atoms with Crippen LogP contribution in [0.15, 0.2) is 12.1 Å². The highest BCUT2D eigenvalue weighted by atomic mass is 16.7. The Bertz CT molecular complexity index is 558. The van der Waals surface area contributed by atoms with Gasteiger partial charge in [-0.15, -0.1) is 0 Å². The van der Waals surface area contributed by atoms with E-state index in [1.807, 2.05) is 0 Å². The Labute approximate surface area is 109 Å². The lowest BCUT2D eigenvalue weighted by molar-refractivity contribution is -0.119. The van der Waals surface area contributed by atoms with Crippen LogP contribution in [0.2, 0.25) is 0 Å². The lowest BCUT2D eigenvalue weighted by Gasteiger charge is -2.12. The standard InChI is InChI=1S/C12H13N3O4/c13-8-3-10-9(18-5-19-10)2-7(8)12(17)15-6-1-11(16)14-4-6/h2-3,6H,1,4-5,13H2,(H,14,16)(H,15,17). The van der Waals surface area contributed by atoms with E-state index in [-0.39, 0.29) is 31.1 Å². The van der Waals surface area contributed by atoms with E-state index in [4.69, 9.17) is 15.2 Å². The topological polar surface area (TPSA) is 103 Å². The highest BCUT2D eigenvalue weighted by Crippen LogP contribution is 2.35. The molecule has 0 spiro atoms. The number of hydrogen-bond acceptors (Lipinski definition) is 5. The van der Waals surface area contributed by atoms with Crippen LogP contribution in [0.25, 0.3) is 0 Å². The molecule has 2 aliphatic heterocycles. The van der Waals surface area contributed by atoms with Crippen LogP contribution in [-0.2, 0) is 4.79 Å². The van der Waals surface area contributed by atoms with Crippen LogP contribution < -0.4 is 25.8 Å². The van der Waals surface area contributed by atoms with Gasteiger partial charge in [0, 0.05) is 24.7 Å². The first-order valence-electron chi connectivity index (χ1n) is 5.90. The van der Waals surface area contributed by atoms with Gasteiger partial charge >= 0.3 is 0 Å². The van der Waals surface area contributed by atoms with Crippen molar-refractivity contribution in [2.75, 3.05) is 19.1 Å². The van der Waals surface area contributed by atoms with E-state index >= 15 is 0 Å². The number of rotatable bonds is 2. The number of nitrogens with one attached hydrogen (secondary N) is 2. The zero-order valence-electron chi connectivity index (χ0n) is 10.1. The van der Waals surface area contributed by atoms with Gasteiger partial charge in [-0.1, -0.05) is 0 Å². The number of fused-ring (bicyclic) bond motifs is 1. The number of nitrogens with two attached hydrogens (primary N) is 1. The molecule has 0 saturated carbocycles. The summed E-state index contributed by atoms with van der Waals surface area (Å²) in [5.41, 5.74) is 6.46. The molecule has 2 heterocycles. The van der Waals surface area contributed by atoms with Crippen molar-refractivity contribution < 1.29 is 19.1 Å². The summed E-state index contributed by atoms with van der Waals surface area (Å²) in [5.74, 6) is 0.646. The van der Waals surface area contributed by atoms with Gasteiger partial charge in [-0.25, -0.2) is 0 Å².